The molecule has 0 aromatic heterocycles. The average molecular weight is 527 g/mol. The molecule has 10 nitrogen and oxygen atoms in total. The zero-order valence-electron chi connectivity index (χ0n) is 20.9. The van der Waals surface area contributed by atoms with E-state index in [-0.39, 0.29) is 24.4 Å². The molecular formula is C24H29F3N4O6. The minimum absolute atomic E-state index is 0.210. The number of carboxylic acid groups (broad SMARTS) is 1. The second-order valence-corrected chi connectivity index (χ2v) is 9.19. The molecule has 1 aromatic rings. The molecule has 202 valence electrons. The fourth-order valence-electron chi connectivity index (χ4n) is 5.24. The maximum Gasteiger partial charge on any atom is 0.490 e. The van der Waals surface area contributed by atoms with Crippen LogP contribution in [0, 0.1) is 11.8 Å². The van der Waals surface area contributed by atoms with E-state index in [1.54, 1.807) is 6.92 Å². The van der Waals surface area contributed by atoms with Gasteiger partial charge in [0.05, 0.1) is 31.5 Å². The first kappa shape index (κ1) is 27.9. The van der Waals surface area contributed by atoms with Gasteiger partial charge in [-0.1, -0.05) is 37.3 Å². The highest BCUT2D eigenvalue weighted by atomic mass is 19.4. The zero-order chi connectivity index (χ0) is 27.7. The van der Waals surface area contributed by atoms with Crippen molar-refractivity contribution in [3.05, 3.63) is 35.9 Å². The predicted molar refractivity (Wildman–Crippen MR) is 124 cm³/mol. The fraction of sp³-hybridized carbons (Fsp3) is 0.542. The van der Waals surface area contributed by atoms with Crippen LogP contribution in [0.5, 0.6) is 0 Å². The van der Waals surface area contributed by atoms with E-state index in [0.29, 0.717) is 19.0 Å². The van der Waals surface area contributed by atoms with Gasteiger partial charge in [0.25, 0.3) is 0 Å². The summed E-state index contributed by atoms with van der Waals surface area (Å²) in [7, 11) is 3.23. The fourth-order valence-corrected chi connectivity index (χ4v) is 5.24. The van der Waals surface area contributed by atoms with Gasteiger partial charge in [-0.2, -0.15) is 13.2 Å². The van der Waals surface area contributed by atoms with Gasteiger partial charge in [-0.3, -0.25) is 19.5 Å². The molecule has 0 unspecified atom stereocenters. The van der Waals surface area contributed by atoms with Gasteiger partial charge in [0.1, 0.15) is 0 Å². The average Bonchev–Trinajstić information content (AvgIpc) is 3.40. The van der Waals surface area contributed by atoms with E-state index in [0.717, 1.165) is 12.0 Å². The molecule has 1 aromatic carbocycles. The van der Waals surface area contributed by atoms with Gasteiger partial charge in [-0.25, -0.2) is 9.59 Å². The largest absolute Gasteiger partial charge is 0.490 e. The number of carboxylic acids is 1. The number of benzene rings is 1. The van der Waals surface area contributed by atoms with Crippen LogP contribution in [0.2, 0.25) is 0 Å². The van der Waals surface area contributed by atoms with Crippen LogP contribution in [0.1, 0.15) is 25.8 Å². The van der Waals surface area contributed by atoms with E-state index >= 15 is 0 Å². The Morgan fingerprint density at radius 3 is 2.30 bits per heavy atom. The second-order valence-electron chi connectivity index (χ2n) is 9.19. The number of fused-ring (bicyclic) bond motifs is 3. The van der Waals surface area contributed by atoms with Crippen LogP contribution >= 0.6 is 0 Å². The molecule has 2 amide bonds. The molecule has 1 N–H and O–H groups in total. The van der Waals surface area contributed by atoms with Crippen molar-refractivity contribution in [2.45, 2.75) is 44.6 Å². The van der Waals surface area contributed by atoms with Gasteiger partial charge in [0.15, 0.2) is 11.5 Å². The summed E-state index contributed by atoms with van der Waals surface area (Å²) in [4.78, 5) is 58.7. The number of halogens is 3. The number of rotatable bonds is 5. The topological polar surface area (TPSA) is 120 Å². The van der Waals surface area contributed by atoms with Gasteiger partial charge in [0.2, 0.25) is 11.8 Å². The first-order valence-electron chi connectivity index (χ1n) is 11.6. The van der Waals surface area contributed by atoms with Gasteiger partial charge in [-0.05, 0) is 18.9 Å². The quantitative estimate of drug-likeness (QED) is 0.455. The Hall–Kier alpha value is -3.64. The third-order valence-electron chi connectivity index (χ3n) is 6.81. The van der Waals surface area contributed by atoms with Gasteiger partial charge >= 0.3 is 18.1 Å². The molecular weight excluding hydrogens is 497 g/mol. The summed E-state index contributed by atoms with van der Waals surface area (Å²) in [6, 6.07) is 9.13. The summed E-state index contributed by atoms with van der Waals surface area (Å²) in [6.45, 7) is 5.10. The van der Waals surface area contributed by atoms with Crippen molar-refractivity contribution in [2.24, 2.45) is 16.8 Å². The maximum absolute atomic E-state index is 13.5. The number of methoxy groups -OCH3 is 1. The van der Waals surface area contributed by atoms with Crippen LogP contribution in [-0.4, -0.2) is 94.5 Å². The summed E-state index contributed by atoms with van der Waals surface area (Å²) in [5, 5.41) is 7.12. The Balaban J connectivity index is 0.000000479. The number of esters is 1. The van der Waals surface area contributed by atoms with Gasteiger partial charge in [0, 0.05) is 20.1 Å². The molecule has 0 spiro atoms. The van der Waals surface area contributed by atoms with E-state index in [1.807, 2.05) is 54.1 Å². The van der Waals surface area contributed by atoms with E-state index < -0.39 is 35.5 Å². The Labute approximate surface area is 211 Å². The lowest BCUT2D eigenvalue weighted by Gasteiger charge is -2.37. The molecule has 3 heterocycles. The minimum atomic E-state index is -5.08. The zero-order valence-corrected chi connectivity index (χ0v) is 20.9. The highest BCUT2D eigenvalue weighted by Crippen LogP contribution is 2.52. The predicted octanol–water partition coefficient (Wildman–Crippen LogP) is 1.75. The first-order valence-corrected chi connectivity index (χ1v) is 11.6. The molecule has 0 aliphatic carbocycles. The van der Waals surface area contributed by atoms with E-state index in [1.165, 1.54) is 12.0 Å². The standard InChI is InChI=1S/C22H28N4O4.C2HF3O2/c1-5-11-23-21-24(3)13-15-16-17(22(2,26(15)21)20(29)30-4)19(28)25(18(16)27)12-14-9-7-6-8-10-14;3-2(4,5)1(6)7/h6-10,15-17H,5,11-13H2,1-4H3;(H,6,7)/t15-,16+,17-,22-;/m1./s1. The lowest BCUT2D eigenvalue weighted by Crippen LogP contribution is -2.58. The Morgan fingerprint density at radius 2 is 1.78 bits per heavy atom. The lowest BCUT2D eigenvalue weighted by molar-refractivity contribution is -0.192. The molecule has 3 aliphatic rings. The van der Waals surface area contributed by atoms with Crippen molar-refractivity contribution in [1.29, 1.82) is 0 Å². The maximum atomic E-state index is 13.5. The number of likely N-dealkylation sites (tertiary alicyclic amines) is 1. The molecule has 3 aliphatic heterocycles. The first-order chi connectivity index (χ1) is 17.3. The van der Waals surface area contributed by atoms with Crippen LogP contribution < -0.4 is 0 Å². The van der Waals surface area contributed by atoms with E-state index in [4.69, 9.17) is 14.6 Å². The number of likely N-dealkylation sites (N-methyl/N-ethyl adjacent to an activating group) is 1. The molecule has 13 heteroatoms. The summed E-state index contributed by atoms with van der Waals surface area (Å²) >= 11 is 0. The number of amides is 2. The van der Waals surface area contributed by atoms with Gasteiger partial charge < -0.3 is 19.6 Å². The number of carbonyl (C=O) groups is 4. The van der Waals surface area contributed by atoms with E-state index in [2.05, 4.69) is 4.99 Å². The number of guanidine groups is 1. The smallest absolute Gasteiger partial charge is 0.475 e. The van der Waals surface area contributed by atoms with Crippen LogP contribution in [0.3, 0.4) is 0 Å². The molecule has 3 fully saturated rings. The Bertz CT molecular complexity index is 1100. The van der Waals surface area contributed by atoms with Crippen molar-refractivity contribution in [3.8, 4) is 0 Å². The number of hydrogen-bond donors (Lipinski definition) is 1. The molecule has 0 saturated carbocycles. The monoisotopic (exact) mass is 526 g/mol. The highest BCUT2D eigenvalue weighted by molar-refractivity contribution is 6.11. The normalized spacial score (nSPS) is 27.7. The Kier molecular flexibility index (Phi) is 7.84. The SMILES string of the molecule is CCCN=C1N(C)C[C@@H]2[C@@H]3C(=O)N(Cc4ccccc4)C(=O)[C@@H]3[C@](C)(C(=O)OC)N12.O=C(O)C(F)(F)F. The molecule has 4 atom stereocenters. The Morgan fingerprint density at radius 1 is 1.19 bits per heavy atom. The van der Waals surface area contributed by atoms with Crippen molar-refractivity contribution < 1.29 is 42.2 Å². The number of carbonyl (C=O) groups excluding carboxylic acids is 3. The molecule has 3 saturated heterocycles. The molecule has 4 rings (SSSR count). The number of aliphatic carboxylic acids is 1. The van der Waals surface area contributed by atoms with Crippen LogP contribution in [0.4, 0.5) is 13.2 Å². The number of alkyl halides is 3. The van der Waals surface area contributed by atoms with Crippen molar-refractivity contribution in [1.82, 2.24) is 14.7 Å². The summed E-state index contributed by atoms with van der Waals surface area (Å²) < 4.78 is 36.9. The number of nitrogens with zero attached hydrogens (tertiary/aromatic N) is 4. The second kappa shape index (κ2) is 10.4. The number of aliphatic imine (C=N–C) groups is 1. The van der Waals surface area contributed by atoms with Crippen LogP contribution in [0.25, 0.3) is 0 Å². The number of ether oxygens (including phenoxy) is 1. The summed E-state index contributed by atoms with van der Waals surface area (Å²) in [5.74, 6) is -4.53. The number of hydrogen-bond acceptors (Lipinski definition) is 6. The van der Waals surface area contributed by atoms with E-state index in [9.17, 15) is 27.6 Å². The molecule has 37 heavy (non-hydrogen) atoms. The summed E-state index contributed by atoms with van der Waals surface area (Å²) in [6.07, 6.45) is -4.22. The molecule has 0 bridgehead atoms. The minimum Gasteiger partial charge on any atom is -0.475 e. The van der Waals surface area contributed by atoms with Crippen molar-refractivity contribution in [3.63, 3.8) is 0 Å². The van der Waals surface area contributed by atoms with Crippen LogP contribution in [-0.2, 0) is 30.5 Å². The van der Waals surface area contributed by atoms with Crippen molar-refractivity contribution in [2.75, 3.05) is 27.2 Å². The molecule has 0 radical (unpaired) electrons. The van der Waals surface area contributed by atoms with Gasteiger partial charge in [-0.15, -0.1) is 0 Å². The third kappa shape index (κ3) is 4.86. The third-order valence-corrected chi connectivity index (χ3v) is 6.81. The number of imide groups is 1. The van der Waals surface area contributed by atoms with Crippen LogP contribution in [0.15, 0.2) is 35.3 Å². The lowest BCUT2D eigenvalue weighted by atomic mass is 9.81. The highest BCUT2D eigenvalue weighted by Gasteiger charge is 2.73. The summed E-state index contributed by atoms with van der Waals surface area (Å²) in [5.41, 5.74) is -0.399. The van der Waals surface area contributed by atoms with Crippen molar-refractivity contribution >= 4 is 29.7 Å².